The maximum absolute atomic E-state index is 12.1. The smallest absolute Gasteiger partial charge is 0.338 e. The Balaban J connectivity index is 1.52. The highest BCUT2D eigenvalue weighted by Gasteiger charge is 2.14. The third-order valence-corrected chi connectivity index (χ3v) is 4.78. The summed E-state index contributed by atoms with van der Waals surface area (Å²) in [5.74, 6) is -0.163. The van der Waals surface area contributed by atoms with Crippen LogP contribution in [0.4, 0.5) is 0 Å². The number of halogens is 2. The number of benzene rings is 3. The van der Waals surface area contributed by atoms with Gasteiger partial charge in [0.05, 0.1) is 10.6 Å². The molecule has 0 fully saturated rings. The number of hydrogen-bond donors (Lipinski definition) is 0. The van der Waals surface area contributed by atoms with E-state index in [2.05, 4.69) is 15.9 Å². The van der Waals surface area contributed by atoms with Gasteiger partial charge in [-0.25, -0.2) is 4.79 Å². The molecule has 0 aliphatic rings. The molecule has 0 spiro atoms. The van der Waals surface area contributed by atoms with E-state index in [1.165, 1.54) is 0 Å². The van der Waals surface area contributed by atoms with E-state index >= 15 is 0 Å². The van der Waals surface area contributed by atoms with Crippen LogP contribution in [0, 0.1) is 0 Å². The predicted molar refractivity (Wildman–Crippen MR) is 111 cm³/mol. The molecule has 3 aromatic carbocycles. The summed E-state index contributed by atoms with van der Waals surface area (Å²) in [6.45, 7) is 0.0128. The summed E-state index contributed by atoms with van der Waals surface area (Å²) in [6, 6.07) is 21.0. The molecule has 3 aromatic rings. The first-order chi connectivity index (χ1) is 13.5. The number of ketones is 1. The lowest BCUT2D eigenvalue weighted by Gasteiger charge is -2.08. The number of carbonyl (C=O) groups is 2. The van der Waals surface area contributed by atoms with E-state index in [1.54, 1.807) is 48.5 Å². The normalized spacial score (nSPS) is 10.4. The van der Waals surface area contributed by atoms with Gasteiger partial charge in [0.2, 0.25) is 5.78 Å². The number of carbonyl (C=O) groups excluding carboxylic acids is 2. The van der Waals surface area contributed by atoms with Crippen LogP contribution in [0.2, 0.25) is 5.02 Å². The van der Waals surface area contributed by atoms with Gasteiger partial charge in [0.1, 0.15) is 12.4 Å². The second kappa shape index (κ2) is 9.53. The molecule has 28 heavy (non-hydrogen) atoms. The van der Waals surface area contributed by atoms with Crippen LogP contribution >= 0.6 is 27.5 Å². The lowest BCUT2D eigenvalue weighted by molar-refractivity contribution is 0.0474. The van der Waals surface area contributed by atoms with Gasteiger partial charge >= 0.3 is 5.97 Å². The summed E-state index contributed by atoms with van der Waals surface area (Å²) >= 11 is 9.35. The van der Waals surface area contributed by atoms with Gasteiger partial charge in [-0.15, -0.1) is 0 Å². The van der Waals surface area contributed by atoms with Crippen LogP contribution in [0.25, 0.3) is 0 Å². The molecule has 142 valence electrons. The molecule has 6 heteroatoms. The Morgan fingerprint density at radius 3 is 2.25 bits per heavy atom. The van der Waals surface area contributed by atoms with Gasteiger partial charge in [0.25, 0.3) is 0 Å². The van der Waals surface area contributed by atoms with Crippen molar-refractivity contribution in [1.82, 2.24) is 0 Å². The van der Waals surface area contributed by atoms with E-state index in [-0.39, 0.29) is 12.4 Å². The fourth-order valence-corrected chi connectivity index (χ4v) is 2.92. The van der Waals surface area contributed by atoms with E-state index in [1.807, 2.05) is 24.3 Å². The molecular weight excluding hydrogens is 444 g/mol. The van der Waals surface area contributed by atoms with E-state index < -0.39 is 5.97 Å². The highest BCUT2D eigenvalue weighted by atomic mass is 79.9. The van der Waals surface area contributed by atoms with Crippen LogP contribution in [0.15, 0.2) is 77.3 Å². The Bertz CT molecular complexity index is 969. The average Bonchev–Trinajstić information content (AvgIpc) is 2.72. The lowest BCUT2D eigenvalue weighted by atomic mass is 10.1. The number of rotatable bonds is 7. The zero-order valence-electron chi connectivity index (χ0n) is 14.7. The second-order valence-corrected chi connectivity index (χ2v) is 7.24. The van der Waals surface area contributed by atoms with Gasteiger partial charge in [-0.2, -0.15) is 0 Å². The summed E-state index contributed by atoms with van der Waals surface area (Å²) in [5.41, 5.74) is 1.60. The molecule has 0 unspecified atom stereocenters. The minimum absolute atomic E-state index is 0.331. The molecule has 0 aliphatic heterocycles. The van der Waals surface area contributed by atoms with Crippen LogP contribution in [0.1, 0.15) is 26.3 Å². The molecule has 0 saturated heterocycles. The summed E-state index contributed by atoms with van der Waals surface area (Å²) < 4.78 is 11.8. The predicted octanol–water partition coefficient (Wildman–Crippen LogP) is 5.72. The van der Waals surface area contributed by atoms with E-state index in [0.29, 0.717) is 22.8 Å². The number of esters is 1. The van der Waals surface area contributed by atoms with Crippen molar-refractivity contribution in [3.63, 3.8) is 0 Å². The molecule has 0 heterocycles. The van der Waals surface area contributed by atoms with Crippen molar-refractivity contribution < 1.29 is 19.1 Å². The molecule has 0 amide bonds. The van der Waals surface area contributed by atoms with Gasteiger partial charge in [-0.3, -0.25) is 4.79 Å². The fourth-order valence-electron chi connectivity index (χ4n) is 2.41. The quantitative estimate of drug-likeness (QED) is 0.335. The highest BCUT2D eigenvalue weighted by Crippen LogP contribution is 2.18. The Morgan fingerprint density at radius 1 is 0.893 bits per heavy atom. The lowest BCUT2D eigenvalue weighted by Crippen LogP contribution is -2.14. The summed E-state index contributed by atoms with van der Waals surface area (Å²) in [7, 11) is 0. The van der Waals surface area contributed by atoms with Crippen molar-refractivity contribution >= 4 is 39.3 Å². The topological polar surface area (TPSA) is 52.6 Å². The van der Waals surface area contributed by atoms with Crippen LogP contribution in [0.3, 0.4) is 0 Å². The first kappa shape index (κ1) is 20.1. The van der Waals surface area contributed by atoms with Gasteiger partial charge in [0.15, 0.2) is 6.61 Å². The molecule has 0 aliphatic carbocycles. The third kappa shape index (κ3) is 5.44. The number of Topliss-reactive ketones (excluding diaryl/α,β-unsaturated/α-hetero) is 1. The molecular formula is C22H16BrClO4. The van der Waals surface area contributed by atoms with Crippen molar-refractivity contribution in [2.75, 3.05) is 6.61 Å². The van der Waals surface area contributed by atoms with Crippen molar-refractivity contribution in [3.05, 3.63) is 99.0 Å². The van der Waals surface area contributed by atoms with Gasteiger partial charge < -0.3 is 9.47 Å². The summed E-state index contributed by atoms with van der Waals surface area (Å²) in [5, 5.41) is 0.332. The first-order valence-corrected chi connectivity index (χ1v) is 9.62. The zero-order chi connectivity index (χ0) is 19.9. The molecule has 3 rings (SSSR count). The molecule has 4 nitrogen and oxygen atoms in total. The van der Waals surface area contributed by atoms with Crippen LogP contribution in [-0.2, 0) is 11.3 Å². The number of ether oxygens (including phenoxy) is 2. The second-order valence-electron chi connectivity index (χ2n) is 5.92. The highest BCUT2D eigenvalue weighted by molar-refractivity contribution is 9.10. The monoisotopic (exact) mass is 458 g/mol. The Kier molecular flexibility index (Phi) is 6.85. The zero-order valence-corrected chi connectivity index (χ0v) is 17.1. The van der Waals surface area contributed by atoms with Gasteiger partial charge in [0, 0.05) is 10.0 Å². The van der Waals surface area contributed by atoms with Gasteiger partial charge in [-0.05, 0) is 54.1 Å². The SMILES string of the molecule is O=C(OCC(=O)c1ccccc1Cl)c1ccc(COc2ccc(Br)cc2)cc1. The third-order valence-electron chi connectivity index (χ3n) is 3.92. The minimum atomic E-state index is -0.569. The van der Waals surface area contributed by atoms with Crippen LogP contribution < -0.4 is 4.74 Å². The fraction of sp³-hybridized carbons (Fsp3) is 0.0909. The van der Waals surface area contributed by atoms with Crippen LogP contribution in [-0.4, -0.2) is 18.4 Å². The Labute approximate surface area is 176 Å². The maximum Gasteiger partial charge on any atom is 0.338 e. The van der Waals surface area contributed by atoms with E-state index in [9.17, 15) is 9.59 Å². The van der Waals surface area contributed by atoms with Crippen molar-refractivity contribution in [2.24, 2.45) is 0 Å². The Hall–Kier alpha value is -2.63. The molecule has 0 aromatic heterocycles. The summed E-state index contributed by atoms with van der Waals surface area (Å²) in [4.78, 5) is 24.3. The van der Waals surface area contributed by atoms with E-state index in [4.69, 9.17) is 21.1 Å². The van der Waals surface area contributed by atoms with Crippen LogP contribution in [0.5, 0.6) is 5.75 Å². The number of hydrogen-bond acceptors (Lipinski definition) is 4. The van der Waals surface area contributed by atoms with Crippen molar-refractivity contribution in [2.45, 2.75) is 6.61 Å². The average molecular weight is 460 g/mol. The Morgan fingerprint density at radius 2 is 1.57 bits per heavy atom. The van der Waals surface area contributed by atoms with E-state index in [0.717, 1.165) is 15.8 Å². The molecule has 0 saturated carbocycles. The summed E-state index contributed by atoms with van der Waals surface area (Å²) in [6.07, 6.45) is 0. The molecule has 0 radical (unpaired) electrons. The van der Waals surface area contributed by atoms with Crippen molar-refractivity contribution in [1.29, 1.82) is 0 Å². The maximum atomic E-state index is 12.1. The van der Waals surface area contributed by atoms with Gasteiger partial charge in [-0.1, -0.05) is 51.8 Å². The molecule has 0 atom stereocenters. The van der Waals surface area contributed by atoms with Crippen molar-refractivity contribution in [3.8, 4) is 5.75 Å². The first-order valence-electron chi connectivity index (χ1n) is 8.45. The standard InChI is InChI=1S/C22H16BrClO4/c23-17-9-11-18(12-10-17)27-13-15-5-7-16(8-6-15)22(26)28-14-21(25)19-3-1-2-4-20(19)24/h1-12H,13-14H2. The molecule has 0 bridgehead atoms. The molecule has 0 N–H and O–H groups in total. The largest absolute Gasteiger partial charge is 0.489 e. The minimum Gasteiger partial charge on any atom is -0.489 e.